The Hall–Kier alpha value is -2.45. The second-order valence-corrected chi connectivity index (χ2v) is 5.72. The van der Waals surface area contributed by atoms with Gasteiger partial charge in [-0.25, -0.2) is 13.6 Å². The molecule has 1 N–H and O–H groups in total. The maximum atomic E-state index is 13.8. The van der Waals surface area contributed by atoms with Crippen LogP contribution < -0.4 is 0 Å². The second kappa shape index (κ2) is 6.45. The normalized spacial score (nSPS) is 16.0. The minimum atomic E-state index is -5.20. The van der Waals surface area contributed by atoms with E-state index in [0.29, 0.717) is 18.6 Å². The van der Waals surface area contributed by atoms with Crippen molar-refractivity contribution in [3.05, 3.63) is 47.0 Å². The smallest absolute Gasteiger partial charge is 0.422 e. The molecule has 0 spiro atoms. The molecule has 0 amide bonds. The molecule has 0 unspecified atom stereocenters. The molecule has 2 rings (SSSR count). The van der Waals surface area contributed by atoms with Crippen LogP contribution in [0.15, 0.2) is 24.3 Å². The molecule has 0 bridgehead atoms. The van der Waals surface area contributed by atoms with Gasteiger partial charge in [-0.3, -0.25) is 4.79 Å². The lowest BCUT2D eigenvalue weighted by Crippen LogP contribution is -2.39. The molecule has 1 aliphatic carbocycles. The predicted octanol–water partition coefficient (Wildman–Crippen LogP) is 3.94. The molecule has 1 saturated carbocycles. The second-order valence-electron chi connectivity index (χ2n) is 5.72. The number of benzene rings is 1. The van der Waals surface area contributed by atoms with Crippen LogP contribution in [0.25, 0.3) is 0 Å². The molecule has 136 valence electrons. The van der Waals surface area contributed by atoms with Crippen LogP contribution >= 0.6 is 0 Å². The minimum absolute atomic E-state index is 0.155. The fourth-order valence-corrected chi connectivity index (χ4v) is 2.56. The van der Waals surface area contributed by atoms with E-state index in [1.165, 1.54) is 0 Å². The molecule has 0 radical (unpaired) electrons. The zero-order valence-corrected chi connectivity index (χ0v) is 12.8. The summed E-state index contributed by atoms with van der Waals surface area (Å²) >= 11 is 0. The van der Waals surface area contributed by atoms with Crippen LogP contribution in [0.3, 0.4) is 0 Å². The summed E-state index contributed by atoms with van der Waals surface area (Å²) in [6.07, 6.45) is -5.01. The average molecular weight is 364 g/mol. The standard InChI is InChI=1S/C16H13F5O4/c1-8(14(23)24)5-12(22)25-15(3-2-4-15)9-6-10(17)13(11(18)7-9)16(19,20)21/h6-7H,1-5H2,(H,23,24). The fraction of sp³-hybridized carbons (Fsp3) is 0.375. The monoisotopic (exact) mass is 364 g/mol. The highest BCUT2D eigenvalue weighted by atomic mass is 19.4. The van der Waals surface area contributed by atoms with E-state index in [4.69, 9.17) is 9.84 Å². The van der Waals surface area contributed by atoms with Crippen LogP contribution in [-0.4, -0.2) is 17.0 Å². The lowest BCUT2D eigenvalue weighted by Gasteiger charge is -2.41. The molecule has 1 aliphatic rings. The van der Waals surface area contributed by atoms with Crippen LogP contribution in [-0.2, 0) is 26.1 Å². The van der Waals surface area contributed by atoms with Gasteiger partial charge in [-0.2, -0.15) is 13.2 Å². The third kappa shape index (κ3) is 3.80. The predicted molar refractivity (Wildman–Crippen MR) is 74.4 cm³/mol. The Morgan fingerprint density at radius 3 is 2.08 bits per heavy atom. The van der Waals surface area contributed by atoms with E-state index in [0.717, 1.165) is 0 Å². The Kier molecular flexibility index (Phi) is 4.87. The Labute approximate surface area is 138 Å². The van der Waals surface area contributed by atoms with Crippen LogP contribution in [0.4, 0.5) is 22.0 Å². The maximum absolute atomic E-state index is 13.8. The molecule has 1 aromatic carbocycles. The minimum Gasteiger partial charge on any atom is -0.478 e. The van der Waals surface area contributed by atoms with Crippen molar-refractivity contribution in [2.24, 2.45) is 0 Å². The van der Waals surface area contributed by atoms with Gasteiger partial charge in [0.15, 0.2) is 0 Å². The lowest BCUT2D eigenvalue weighted by atomic mass is 9.74. The fourth-order valence-electron chi connectivity index (χ4n) is 2.56. The molecule has 0 saturated heterocycles. The van der Waals surface area contributed by atoms with Crippen molar-refractivity contribution in [1.29, 1.82) is 0 Å². The molecular weight excluding hydrogens is 351 g/mol. The van der Waals surface area contributed by atoms with Crippen LogP contribution in [0.1, 0.15) is 36.8 Å². The topological polar surface area (TPSA) is 63.6 Å². The number of carboxylic acid groups (broad SMARTS) is 1. The largest absolute Gasteiger partial charge is 0.478 e. The number of rotatable bonds is 5. The highest BCUT2D eigenvalue weighted by Crippen LogP contribution is 2.46. The molecule has 9 heteroatoms. The molecule has 0 atom stereocenters. The van der Waals surface area contributed by atoms with Gasteiger partial charge in [-0.05, 0) is 31.4 Å². The van der Waals surface area contributed by atoms with E-state index in [9.17, 15) is 31.5 Å². The number of aliphatic carboxylic acids is 1. The number of esters is 1. The zero-order chi connectivity index (χ0) is 19.0. The first kappa shape index (κ1) is 18.9. The molecule has 0 aliphatic heterocycles. The number of hydrogen-bond donors (Lipinski definition) is 1. The van der Waals surface area contributed by atoms with Gasteiger partial charge in [0, 0.05) is 11.1 Å². The Morgan fingerprint density at radius 1 is 1.20 bits per heavy atom. The number of hydrogen-bond acceptors (Lipinski definition) is 3. The Bertz CT molecular complexity index is 712. The number of alkyl halides is 3. The van der Waals surface area contributed by atoms with Crippen molar-refractivity contribution in [3.8, 4) is 0 Å². The van der Waals surface area contributed by atoms with Gasteiger partial charge in [0.2, 0.25) is 0 Å². The van der Waals surface area contributed by atoms with E-state index < -0.39 is 52.9 Å². The molecule has 25 heavy (non-hydrogen) atoms. The van der Waals surface area contributed by atoms with Crippen LogP contribution in [0.2, 0.25) is 0 Å². The Balaban J connectivity index is 2.30. The van der Waals surface area contributed by atoms with Crippen molar-refractivity contribution in [1.82, 2.24) is 0 Å². The molecule has 4 nitrogen and oxygen atoms in total. The summed E-state index contributed by atoms with van der Waals surface area (Å²) in [5.74, 6) is -6.02. The highest BCUT2D eigenvalue weighted by Gasteiger charge is 2.45. The van der Waals surface area contributed by atoms with Crippen molar-refractivity contribution in [3.63, 3.8) is 0 Å². The van der Waals surface area contributed by atoms with Crippen molar-refractivity contribution >= 4 is 11.9 Å². The van der Waals surface area contributed by atoms with Gasteiger partial charge in [-0.1, -0.05) is 6.58 Å². The summed E-state index contributed by atoms with van der Waals surface area (Å²) in [6, 6.07) is 0.981. The SMILES string of the molecule is C=C(CC(=O)OC1(c2cc(F)c(C(F)(F)F)c(F)c2)CCC1)C(=O)O. The van der Waals surface area contributed by atoms with Crippen molar-refractivity contribution in [2.75, 3.05) is 0 Å². The summed E-state index contributed by atoms with van der Waals surface area (Å²) < 4.78 is 70.6. The van der Waals surface area contributed by atoms with Gasteiger partial charge in [0.1, 0.15) is 22.8 Å². The summed E-state index contributed by atoms with van der Waals surface area (Å²) in [7, 11) is 0. The zero-order valence-electron chi connectivity index (χ0n) is 12.8. The highest BCUT2D eigenvalue weighted by molar-refractivity contribution is 5.91. The number of carboxylic acids is 1. The van der Waals surface area contributed by atoms with Gasteiger partial charge in [0.05, 0.1) is 6.42 Å². The first-order valence-electron chi connectivity index (χ1n) is 7.16. The van der Waals surface area contributed by atoms with E-state index in [1.807, 2.05) is 0 Å². The number of carbonyl (C=O) groups is 2. The summed E-state index contributed by atoms with van der Waals surface area (Å²) in [5, 5.41) is 8.68. The van der Waals surface area contributed by atoms with E-state index in [2.05, 4.69) is 6.58 Å². The molecule has 0 aromatic heterocycles. The van der Waals surface area contributed by atoms with E-state index in [1.54, 1.807) is 0 Å². The Morgan fingerprint density at radius 2 is 1.72 bits per heavy atom. The first-order chi connectivity index (χ1) is 11.5. The maximum Gasteiger partial charge on any atom is 0.422 e. The summed E-state index contributed by atoms with van der Waals surface area (Å²) in [6.45, 7) is 3.16. The van der Waals surface area contributed by atoms with E-state index in [-0.39, 0.29) is 18.4 Å². The number of carbonyl (C=O) groups excluding carboxylic acids is 1. The summed E-state index contributed by atoms with van der Waals surface area (Å²) in [4.78, 5) is 22.5. The first-order valence-corrected chi connectivity index (χ1v) is 7.16. The van der Waals surface area contributed by atoms with Crippen molar-refractivity contribution < 1.29 is 41.4 Å². The number of ether oxygens (including phenoxy) is 1. The van der Waals surface area contributed by atoms with Crippen LogP contribution in [0.5, 0.6) is 0 Å². The quantitative estimate of drug-likeness (QED) is 0.488. The lowest BCUT2D eigenvalue weighted by molar-refractivity contribution is -0.171. The molecule has 1 fully saturated rings. The number of halogens is 5. The van der Waals surface area contributed by atoms with Gasteiger partial charge in [0.25, 0.3) is 0 Å². The molecule has 0 heterocycles. The third-order valence-electron chi connectivity index (χ3n) is 3.98. The third-order valence-corrected chi connectivity index (χ3v) is 3.98. The molecular formula is C16H13F5O4. The van der Waals surface area contributed by atoms with Gasteiger partial charge < -0.3 is 9.84 Å². The average Bonchev–Trinajstić information content (AvgIpc) is 2.40. The van der Waals surface area contributed by atoms with Crippen LogP contribution in [0, 0.1) is 11.6 Å². The van der Waals surface area contributed by atoms with Crippen molar-refractivity contribution in [2.45, 2.75) is 37.5 Å². The van der Waals surface area contributed by atoms with Gasteiger partial charge >= 0.3 is 18.1 Å². The molecule has 1 aromatic rings. The van der Waals surface area contributed by atoms with Gasteiger partial charge in [-0.15, -0.1) is 0 Å². The van der Waals surface area contributed by atoms with E-state index >= 15 is 0 Å². The summed E-state index contributed by atoms with van der Waals surface area (Å²) in [5.41, 5.74) is -4.17.